The van der Waals surface area contributed by atoms with Crippen LogP contribution in [0.3, 0.4) is 0 Å². The highest BCUT2D eigenvalue weighted by Gasteiger charge is 2.40. The van der Waals surface area contributed by atoms with Crippen LogP contribution in [0, 0.1) is 5.41 Å². The molecule has 1 N–H and O–H groups in total. The summed E-state index contributed by atoms with van der Waals surface area (Å²) in [5.41, 5.74) is 2.73. The van der Waals surface area contributed by atoms with Crippen LogP contribution in [-0.2, 0) is 4.74 Å². The molecule has 1 aromatic carbocycles. The minimum atomic E-state index is -0.443. The fourth-order valence-corrected chi connectivity index (χ4v) is 4.71. The van der Waals surface area contributed by atoms with Crippen molar-refractivity contribution >= 4 is 34.8 Å². The third-order valence-corrected chi connectivity index (χ3v) is 6.48. The van der Waals surface area contributed by atoms with Crippen LogP contribution in [0.2, 0.25) is 5.02 Å². The molecular weight excluding hydrogens is 358 g/mol. The Labute approximate surface area is 156 Å². The zero-order valence-electron chi connectivity index (χ0n) is 13.8. The van der Waals surface area contributed by atoms with Gasteiger partial charge in [-0.05, 0) is 45.0 Å². The lowest BCUT2D eigenvalue weighted by atomic mass is 9.73. The molecule has 3 saturated heterocycles. The summed E-state index contributed by atoms with van der Waals surface area (Å²) in [4.78, 5) is 19.9. The van der Waals surface area contributed by atoms with Crippen molar-refractivity contribution in [2.45, 2.75) is 19.3 Å². The van der Waals surface area contributed by atoms with Gasteiger partial charge >= 0.3 is 6.09 Å². The summed E-state index contributed by atoms with van der Waals surface area (Å²) in [6, 6.07) is 7.54. The molecule has 4 heterocycles. The maximum absolute atomic E-state index is 12.3. The maximum atomic E-state index is 12.3. The van der Waals surface area contributed by atoms with Crippen LogP contribution in [0.25, 0.3) is 10.4 Å². The number of piperidine rings is 3. The highest BCUT2D eigenvalue weighted by molar-refractivity contribution is 7.14. The molecule has 3 aliphatic rings. The molecule has 0 saturated carbocycles. The summed E-state index contributed by atoms with van der Waals surface area (Å²) in [6.45, 7) is 3.84. The number of halogens is 1. The number of hydrogen-bond acceptors (Lipinski definition) is 5. The topological polar surface area (TPSA) is 54.5 Å². The normalized spacial score (nSPS) is 24.9. The SMILES string of the molecule is O=C(Nc1ncsc1-c1ccccc1Cl)OCC12CCN(CC1)CC2. The van der Waals surface area contributed by atoms with Crippen molar-refractivity contribution in [1.29, 1.82) is 0 Å². The van der Waals surface area contributed by atoms with Gasteiger partial charge in [0.05, 0.1) is 17.0 Å². The monoisotopic (exact) mass is 377 g/mol. The first-order valence-electron chi connectivity index (χ1n) is 8.50. The largest absolute Gasteiger partial charge is 0.449 e. The second-order valence-corrected chi connectivity index (χ2v) is 8.06. The number of ether oxygens (including phenoxy) is 1. The summed E-state index contributed by atoms with van der Waals surface area (Å²) < 4.78 is 5.56. The van der Waals surface area contributed by atoms with Gasteiger partial charge in [0.15, 0.2) is 5.82 Å². The number of aromatic nitrogens is 1. The molecule has 3 aliphatic heterocycles. The van der Waals surface area contributed by atoms with Crippen LogP contribution in [0.15, 0.2) is 29.8 Å². The second-order valence-electron chi connectivity index (χ2n) is 6.80. The summed E-state index contributed by atoms with van der Waals surface area (Å²) in [6.07, 6.45) is 2.90. The van der Waals surface area contributed by atoms with E-state index in [1.165, 1.54) is 11.3 Å². The van der Waals surface area contributed by atoms with Gasteiger partial charge in [0, 0.05) is 16.0 Å². The molecule has 0 atom stereocenters. The van der Waals surface area contributed by atoms with E-state index in [1.807, 2.05) is 24.3 Å². The fraction of sp³-hybridized carbons (Fsp3) is 0.444. The van der Waals surface area contributed by atoms with Crippen molar-refractivity contribution in [3.63, 3.8) is 0 Å². The number of hydrogen-bond donors (Lipinski definition) is 1. The highest BCUT2D eigenvalue weighted by Crippen LogP contribution is 2.40. The molecule has 1 amide bonds. The predicted octanol–water partition coefficient (Wildman–Crippen LogP) is 4.50. The van der Waals surface area contributed by atoms with E-state index in [1.54, 1.807) is 5.51 Å². The molecule has 0 spiro atoms. The number of nitrogens with one attached hydrogen (secondary N) is 1. The molecule has 5 rings (SSSR count). The molecule has 0 radical (unpaired) electrons. The third-order valence-electron chi connectivity index (χ3n) is 5.29. The summed E-state index contributed by atoms with van der Waals surface area (Å²) in [5, 5.41) is 3.41. The van der Waals surface area contributed by atoms with Gasteiger partial charge in [0.2, 0.25) is 0 Å². The van der Waals surface area contributed by atoms with Crippen LogP contribution in [-0.4, -0.2) is 42.2 Å². The maximum Gasteiger partial charge on any atom is 0.412 e. The summed E-state index contributed by atoms with van der Waals surface area (Å²) in [7, 11) is 0. The van der Waals surface area contributed by atoms with Crippen molar-refractivity contribution in [2.24, 2.45) is 5.41 Å². The second kappa shape index (κ2) is 6.94. The quantitative estimate of drug-likeness (QED) is 0.852. The first-order valence-corrected chi connectivity index (χ1v) is 9.76. The predicted molar refractivity (Wildman–Crippen MR) is 100 cm³/mol. The van der Waals surface area contributed by atoms with Crippen molar-refractivity contribution < 1.29 is 9.53 Å². The van der Waals surface area contributed by atoms with Gasteiger partial charge in [-0.25, -0.2) is 9.78 Å². The zero-order valence-corrected chi connectivity index (χ0v) is 15.4. The lowest BCUT2D eigenvalue weighted by Gasteiger charge is -2.47. The van der Waals surface area contributed by atoms with Crippen LogP contribution < -0.4 is 5.32 Å². The first-order chi connectivity index (χ1) is 12.2. The van der Waals surface area contributed by atoms with Crippen LogP contribution in [0.1, 0.15) is 19.3 Å². The van der Waals surface area contributed by atoms with Gasteiger partial charge in [-0.3, -0.25) is 5.32 Å². The number of carbonyl (C=O) groups excluding carboxylic acids is 1. The molecule has 0 aliphatic carbocycles. The van der Waals surface area contributed by atoms with Crippen molar-refractivity contribution in [1.82, 2.24) is 9.88 Å². The fourth-order valence-electron chi connectivity index (χ4n) is 3.64. The molecule has 1 aromatic heterocycles. The number of rotatable bonds is 4. The Hall–Kier alpha value is -1.63. The Morgan fingerprint density at radius 2 is 2.00 bits per heavy atom. The van der Waals surface area contributed by atoms with Crippen molar-refractivity contribution in [2.75, 3.05) is 31.6 Å². The summed E-state index contributed by atoms with van der Waals surface area (Å²) in [5.74, 6) is 0.499. The van der Waals surface area contributed by atoms with E-state index in [2.05, 4.69) is 15.2 Å². The molecule has 25 heavy (non-hydrogen) atoms. The highest BCUT2D eigenvalue weighted by atomic mass is 35.5. The minimum Gasteiger partial charge on any atom is -0.449 e. The number of anilines is 1. The lowest BCUT2D eigenvalue weighted by molar-refractivity contribution is -0.0190. The average Bonchev–Trinajstić information content (AvgIpc) is 3.10. The van der Waals surface area contributed by atoms with Gasteiger partial charge in [-0.15, -0.1) is 11.3 Å². The molecule has 0 unspecified atom stereocenters. The number of benzene rings is 1. The molecule has 3 fully saturated rings. The molecule has 7 heteroatoms. The number of carbonyl (C=O) groups is 1. The first kappa shape index (κ1) is 16.8. The molecule has 132 valence electrons. The summed E-state index contributed by atoms with van der Waals surface area (Å²) >= 11 is 7.70. The van der Waals surface area contributed by atoms with E-state index < -0.39 is 6.09 Å². The van der Waals surface area contributed by atoms with E-state index >= 15 is 0 Å². The number of amides is 1. The molecule has 2 aromatic rings. The van der Waals surface area contributed by atoms with E-state index in [0.717, 1.165) is 49.3 Å². The van der Waals surface area contributed by atoms with Crippen molar-refractivity contribution in [3.8, 4) is 10.4 Å². The van der Waals surface area contributed by atoms with E-state index in [4.69, 9.17) is 16.3 Å². The Morgan fingerprint density at radius 1 is 1.28 bits per heavy atom. The third kappa shape index (κ3) is 3.52. The Bertz CT molecular complexity index is 757. The molecular formula is C18H20ClN3O2S. The van der Waals surface area contributed by atoms with Gasteiger partial charge in [0.25, 0.3) is 0 Å². The number of fused-ring (bicyclic) bond motifs is 3. The minimum absolute atomic E-state index is 0.166. The molecule has 2 bridgehead atoms. The van der Waals surface area contributed by atoms with E-state index in [0.29, 0.717) is 17.4 Å². The van der Waals surface area contributed by atoms with Gasteiger partial charge < -0.3 is 9.64 Å². The van der Waals surface area contributed by atoms with Gasteiger partial charge in [-0.1, -0.05) is 29.8 Å². The number of nitrogens with zero attached hydrogens (tertiary/aromatic N) is 2. The smallest absolute Gasteiger partial charge is 0.412 e. The number of thiazole rings is 1. The average molecular weight is 378 g/mol. The van der Waals surface area contributed by atoms with E-state index in [9.17, 15) is 4.79 Å². The van der Waals surface area contributed by atoms with Crippen LogP contribution in [0.5, 0.6) is 0 Å². The van der Waals surface area contributed by atoms with Gasteiger partial charge in [-0.2, -0.15) is 0 Å². The Kier molecular flexibility index (Phi) is 4.67. The van der Waals surface area contributed by atoms with Crippen LogP contribution >= 0.6 is 22.9 Å². The van der Waals surface area contributed by atoms with E-state index in [-0.39, 0.29) is 5.41 Å². The van der Waals surface area contributed by atoms with Gasteiger partial charge in [0.1, 0.15) is 0 Å². The zero-order chi connectivity index (χ0) is 17.3. The van der Waals surface area contributed by atoms with Crippen molar-refractivity contribution in [3.05, 3.63) is 34.8 Å². The molecule has 5 nitrogen and oxygen atoms in total. The van der Waals surface area contributed by atoms with Crippen LogP contribution in [0.4, 0.5) is 10.6 Å². The standard InChI is InChI=1S/C18H20ClN3O2S/c19-14-4-2-1-3-13(14)15-16(20-12-25-15)21-17(23)24-11-18-5-8-22(9-6-18)10-7-18/h1-4,12H,5-11H2,(H,21,23). The lowest BCUT2D eigenvalue weighted by Crippen LogP contribution is -2.50. The Morgan fingerprint density at radius 3 is 2.72 bits per heavy atom. The Balaban J connectivity index is 1.40.